The summed E-state index contributed by atoms with van der Waals surface area (Å²) in [5, 5.41) is 8.91. The molecule has 120 valence electrons. The minimum absolute atomic E-state index is 0.124. The van der Waals surface area contributed by atoms with Crippen molar-refractivity contribution >= 4 is 11.9 Å². The lowest BCUT2D eigenvalue weighted by Gasteiger charge is -2.20. The van der Waals surface area contributed by atoms with Gasteiger partial charge in [-0.2, -0.15) is 0 Å². The van der Waals surface area contributed by atoms with E-state index in [0.29, 0.717) is 24.5 Å². The van der Waals surface area contributed by atoms with Gasteiger partial charge in [-0.25, -0.2) is 0 Å². The Morgan fingerprint density at radius 3 is 2.32 bits per heavy atom. The van der Waals surface area contributed by atoms with Gasteiger partial charge in [-0.1, -0.05) is 0 Å². The number of ether oxygens (including phenoxy) is 2. The molecular formula is C16H21NO5. The molecule has 1 aliphatic carbocycles. The molecule has 0 heterocycles. The van der Waals surface area contributed by atoms with Crippen LogP contribution in [0.3, 0.4) is 0 Å². The smallest absolute Gasteiger partial charge is 0.307 e. The number of benzene rings is 1. The van der Waals surface area contributed by atoms with Crippen LogP contribution in [0.1, 0.15) is 17.5 Å². The number of carboxylic acids is 1. The molecule has 2 rings (SSSR count). The summed E-state index contributed by atoms with van der Waals surface area (Å²) in [6, 6.07) is 3.71. The predicted octanol–water partition coefficient (Wildman–Crippen LogP) is 1.69. The Kier molecular flexibility index (Phi) is 4.59. The van der Waals surface area contributed by atoms with Gasteiger partial charge in [-0.3, -0.25) is 9.59 Å². The molecule has 1 amide bonds. The van der Waals surface area contributed by atoms with Crippen molar-refractivity contribution in [3.63, 3.8) is 0 Å². The second-order valence-electron chi connectivity index (χ2n) is 5.61. The fourth-order valence-electron chi connectivity index (χ4n) is 2.55. The van der Waals surface area contributed by atoms with Gasteiger partial charge in [0.1, 0.15) is 0 Å². The standard InChI is InChI=1S/C16H21NO5/c1-9-5-13(21-3)14(22-4)6-10(9)8-17(2)15(18)11-7-12(11)16(19)20/h5-6,11-12H,7-8H2,1-4H3,(H,19,20). The highest BCUT2D eigenvalue weighted by molar-refractivity contribution is 5.89. The maximum atomic E-state index is 12.2. The molecule has 6 heteroatoms. The van der Waals surface area contributed by atoms with Crippen molar-refractivity contribution in [2.45, 2.75) is 19.9 Å². The van der Waals surface area contributed by atoms with E-state index in [0.717, 1.165) is 11.1 Å². The molecular weight excluding hydrogens is 286 g/mol. The molecule has 0 spiro atoms. The van der Waals surface area contributed by atoms with E-state index in [9.17, 15) is 9.59 Å². The molecule has 0 radical (unpaired) electrons. The Bertz CT molecular complexity index is 598. The minimum Gasteiger partial charge on any atom is -0.493 e. The van der Waals surface area contributed by atoms with Gasteiger partial charge in [0.15, 0.2) is 11.5 Å². The van der Waals surface area contributed by atoms with E-state index in [1.165, 1.54) is 0 Å². The van der Waals surface area contributed by atoms with Crippen LogP contribution in [-0.2, 0) is 16.1 Å². The highest BCUT2D eigenvalue weighted by atomic mass is 16.5. The number of nitrogens with zero attached hydrogens (tertiary/aromatic N) is 1. The number of amides is 1. The van der Waals surface area contributed by atoms with Crippen LogP contribution in [0, 0.1) is 18.8 Å². The number of hydrogen-bond acceptors (Lipinski definition) is 4. The van der Waals surface area contributed by atoms with Crippen molar-refractivity contribution in [2.75, 3.05) is 21.3 Å². The van der Waals surface area contributed by atoms with Crippen LogP contribution in [0.2, 0.25) is 0 Å². The van der Waals surface area contributed by atoms with E-state index in [1.54, 1.807) is 26.2 Å². The molecule has 1 aromatic rings. The SMILES string of the molecule is COc1cc(C)c(CN(C)C(=O)C2CC2C(=O)O)cc1OC. The molecule has 2 unspecified atom stereocenters. The molecule has 1 fully saturated rings. The molecule has 6 nitrogen and oxygen atoms in total. The third-order valence-corrected chi connectivity index (χ3v) is 4.05. The van der Waals surface area contributed by atoms with E-state index in [-0.39, 0.29) is 11.8 Å². The van der Waals surface area contributed by atoms with Crippen molar-refractivity contribution in [1.82, 2.24) is 4.90 Å². The molecule has 22 heavy (non-hydrogen) atoms. The van der Waals surface area contributed by atoms with Crippen molar-refractivity contribution in [2.24, 2.45) is 11.8 Å². The summed E-state index contributed by atoms with van der Waals surface area (Å²) < 4.78 is 10.5. The fraction of sp³-hybridized carbons (Fsp3) is 0.500. The average Bonchev–Trinajstić information content (AvgIpc) is 3.28. The van der Waals surface area contributed by atoms with Gasteiger partial charge in [-0.15, -0.1) is 0 Å². The summed E-state index contributed by atoms with van der Waals surface area (Å²) >= 11 is 0. The minimum atomic E-state index is -0.894. The Morgan fingerprint density at radius 1 is 1.23 bits per heavy atom. The maximum Gasteiger partial charge on any atom is 0.307 e. The first-order valence-electron chi connectivity index (χ1n) is 7.08. The number of hydrogen-bond donors (Lipinski definition) is 1. The van der Waals surface area contributed by atoms with Crippen LogP contribution >= 0.6 is 0 Å². The first-order valence-corrected chi connectivity index (χ1v) is 7.08. The first kappa shape index (κ1) is 16.1. The van der Waals surface area contributed by atoms with Crippen molar-refractivity contribution in [1.29, 1.82) is 0 Å². The summed E-state index contributed by atoms with van der Waals surface area (Å²) in [5.41, 5.74) is 1.93. The topological polar surface area (TPSA) is 76.1 Å². The Hall–Kier alpha value is -2.24. The summed E-state index contributed by atoms with van der Waals surface area (Å²) in [6.45, 7) is 2.35. The third-order valence-electron chi connectivity index (χ3n) is 4.05. The zero-order valence-electron chi connectivity index (χ0n) is 13.3. The second kappa shape index (κ2) is 6.25. The van der Waals surface area contributed by atoms with Gasteiger partial charge in [0.2, 0.25) is 5.91 Å². The number of rotatable bonds is 6. The van der Waals surface area contributed by atoms with E-state index >= 15 is 0 Å². The van der Waals surface area contributed by atoms with Gasteiger partial charge in [-0.05, 0) is 36.6 Å². The zero-order valence-corrected chi connectivity index (χ0v) is 13.3. The zero-order chi connectivity index (χ0) is 16.4. The van der Waals surface area contributed by atoms with Crippen molar-refractivity contribution in [3.05, 3.63) is 23.3 Å². The largest absolute Gasteiger partial charge is 0.493 e. The summed E-state index contributed by atoms with van der Waals surface area (Å²) in [5.74, 6) is -0.676. The van der Waals surface area contributed by atoms with Crippen LogP contribution in [0.5, 0.6) is 11.5 Å². The van der Waals surface area contributed by atoms with E-state index < -0.39 is 11.9 Å². The number of aryl methyl sites for hydroxylation is 1. The third kappa shape index (κ3) is 3.16. The summed E-state index contributed by atoms with van der Waals surface area (Å²) in [4.78, 5) is 24.7. The van der Waals surface area contributed by atoms with Crippen LogP contribution in [0.4, 0.5) is 0 Å². The average molecular weight is 307 g/mol. The number of carbonyl (C=O) groups is 2. The van der Waals surface area contributed by atoms with Crippen molar-refractivity contribution < 1.29 is 24.2 Å². The number of aliphatic carboxylic acids is 1. The van der Waals surface area contributed by atoms with Gasteiger partial charge in [0, 0.05) is 13.6 Å². The first-order chi connectivity index (χ1) is 10.4. The summed E-state index contributed by atoms with van der Waals surface area (Å²) in [6.07, 6.45) is 0.434. The summed E-state index contributed by atoms with van der Waals surface area (Å²) in [7, 11) is 4.83. The number of carbonyl (C=O) groups excluding carboxylic acids is 1. The molecule has 1 saturated carbocycles. The van der Waals surface area contributed by atoms with Crippen molar-refractivity contribution in [3.8, 4) is 11.5 Å². The van der Waals surface area contributed by atoms with Crippen LogP contribution in [0.15, 0.2) is 12.1 Å². The van der Waals surface area contributed by atoms with Crippen LogP contribution in [0.25, 0.3) is 0 Å². The molecule has 0 aromatic heterocycles. The van der Waals surface area contributed by atoms with Crippen LogP contribution in [-0.4, -0.2) is 43.2 Å². The van der Waals surface area contributed by atoms with E-state index in [2.05, 4.69) is 0 Å². The Balaban J connectivity index is 2.10. The number of carboxylic acid groups (broad SMARTS) is 1. The van der Waals surface area contributed by atoms with Gasteiger partial charge in [0.05, 0.1) is 26.1 Å². The predicted molar refractivity (Wildman–Crippen MR) is 80.0 cm³/mol. The van der Waals surface area contributed by atoms with E-state index in [1.807, 2.05) is 19.1 Å². The molecule has 1 N–H and O–H groups in total. The van der Waals surface area contributed by atoms with Gasteiger partial charge in [0.25, 0.3) is 0 Å². The quantitative estimate of drug-likeness (QED) is 0.865. The lowest BCUT2D eigenvalue weighted by molar-refractivity contribution is -0.141. The maximum absolute atomic E-state index is 12.2. The Morgan fingerprint density at radius 2 is 1.82 bits per heavy atom. The number of methoxy groups -OCH3 is 2. The molecule has 1 aliphatic rings. The van der Waals surface area contributed by atoms with Gasteiger partial charge >= 0.3 is 5.97 Å². The Labute approximate surface area is 129 Å². The monoisotopic (exact) mass is 307 g/mol. The second-order valence-corrected chi connectivity index (χ2v) is 5.61. The van der Waals surface area contributed by atoms with Gasteiger partial charge < -0.3 is 19.5 Å². The highest BCUT2D eigenvalue weighted by Gasteiger charge is 2.49. The molecule has 0 bridgehead atoms. The molecule has 0 aliphatic heterocycles. The molecule has 2 atom stereocenters. The highest BCUT2D eigenvalue weighted by Crippen LogP contribution is 2.40. The normalized spacial score (nSPS) is 19.5. The lowest BCUT2D eigenvalue weighted by Crippen LogP contribution is -2.29. The lowest BCUT2D eigenvalue weighted by atomic mass is 10.1. The van der Waals surface area contributed by atoms with E-state index in [4.69, 9.17) is 14.6 Å². The molecule has 0 saturated heterocycles. The fourth-order valence-corrected chi connectivity index (χ4v) is 2.55. The molecule has 1 aromatic carbocycles. The van der Waals surface area contributed by atoms with Crippen LogP contribution < -0.4 is 9.47 Å².